The number of rotatable bonds is 4. The van der Waals surface area contributed by atoms with Crippen molar-refractivity contribution >= 4 is 23.4 Å². The molecule has 0 spiro atoms. The van der Waals surface area contributed by atoms with Crippen LogP contribution in [0.3, 0.4) is 0 Å². The molecule has 0 unspecified atom stereocenters. The summed E-state index contributed by atoms with van der Waals surface area (Å²) in [6.07, 6.45) is 0. The molecule has 1 heterocycles. The summed E-state index contributed by atoms with van der Waals surface area (Å²) < 4.78 is 13.2. The molecule has 0 bridgehead atoms. The number of anilines is 1. The first-order valence-corrected chi connectivity index (χ1v) is 8.63. The van der Waals surface area contributed by atoms with E-state index >= 15 is 0 Å². The van der Waals surface area contributed by atoms with Gasteiger partial charge < -0.3 is 15.5 Å². The highest BCUT2D eigenvalue weighted by atomic mass is 19.1. The summed E-state index contributed by atoms with van der Waals surface area (Å²) >= 11 is 0. The number of para-hydroxylation sites is 1. The third kappa shape index (κ3) is 3.81. The van der Waals surface area contributed by atoms with E-state index in [-0.39, 0.29) is 18.5 Å². The lowest BCUT2D eigenvalue weighted by atomic mass is 10.1. The molecule has 6 nitrogen and oxygen atoms in total. The average molecular weight is 369 g/mol. The summed E-state index contributed by atoms with van der Waals surface area (Å²) in [5.74, 6) is -2.50. The van der Waals surface area contributed by atoms with Crippen LogP contribution in [-0.2, 0) is 20.9 Å². The molecule has 0 aliphatic carbocycles. The molecule has 3 amide bonds. The Kier molecular flexibility index (Phi) is 5.21. The molecule has 2 N–H and O–H groups in total. The van der Waals surface area contributed by atoms with Crippen LogP contribution < -0.4 is 15.5 Å². The molecule has 0 saturated carbocycles. The molecule has 3 rings (SSSR count). The summed E-state index contributed by atoms with van der Waals surface area (Å²) in [5, 5.41) is 4.93. The second kappa shape index (κ2) is 7.57. The summed E-state index contributed by atoms with van der Waals surface area (Å²) in [4.78, 5) is 38.7. The van der Waals surface area contributed by atoms with Crippen LogP contribution in [0.4, 0.5) is 10.1 Å². The summed E-state index contributed by atoms with van der Waals surface area (Å²) in [6, 6.07) is 11.9. The van der Waals surface area contributed by atoms with Crippen molar-refractivity contribution in [1.82, 2.24) is 10.6 Å². The molecule has 2 aromatic carbocycles. The molecule has 7 heteroatoms. The monoisotopic (exact) mass is 369 g/mol. The summed E-state index contributed by atoms with van der Waals surface area (Å²) in [5.41, 5.74) is 1.91. The minimum Gasteiger partial charge on any atom is -0.344 e. The number of halogens is 1. The average Bonchev–Trinajstić information content (AvgIpc) is 2.91. The molecule has 0 radical (unpaired) electrons. The fourth-order valence-electron chi connectivity index (χ4n) is 3.12. The lowest BCUT2D eigenvalue weighted by Crippen LogP contribution is -2.45. The van der Waals surface area contributed by atoms with Gasteiger partial charge in [0.2, 0.25) is 0 Å². The molecule has 0 aromatic heterocycles. The van der Waals surface area contributed by atoms with Crippen LogP contribution in [0.5, 0.6) is 0 Å². The number of nitrogens with one attached hydrogen (secondary N) is 2. The molecule has 27 heavy (non-hydrogen) atoms. The lowest BCUT2D eigenvalue weighted by molar-refractivity contribution is -0.140. The second-order valence-corrected chi connectivity index (χ2v) is 6.58. The van der Waals surface area contributed by atoms with Crippen LogP contribution >= 0.6 is 0 Å². The Balaban J connectivity index is 1.68. The van der Waals surface area contributed by atoms with E-state index in [1.165, 1.54) is 18.2 Å². The van der Waals surface area contributed by atoms with E-state index in [0.29, 0.717) is 11.1 Å². The standard InChI is InChI=1S/C20H20FN3O3/c1-12(2)24-16-9-4-3-8-15(16)17(20(24)27)23-19(26)18(25)22-11-13-6-5-7-14(21)10-13/h3-10,12,17H,11H2,1-2H3,(H,22,25)(H,23,26)/t17-/m0/s1. The van der Waals surface area contributed by atoms with E-state index in [9.17, 15) is 18.8 Å². The summed E-state index contributed by atoms with van der Waals surface area (Å²) in [6.45, 7) is 3.77. The van der Waals surface area contributed by atoms with Gasteiger partial charge in [-0.1, -0.05) is 30.3 Å². The van der Waals surface area contributed by atoms with Crippen LogP contribution in [0.25, 0.3) is 0 Å². The Morgan fingerprint density at radius 1 is 1.11 bits per heavy atom. The van der Waals surface area contributed by atoms with Crippen molar-refractivity contribution in [2.75, 3.05) is 4.90 Å². The van der Waals surface area contributed by atoms with Gasteiger partial charge in [-0.05, 0) is 37.6 Å². The number of benzene rings is 2. The fourth-order valence-corrected chi connectivity index (χ4v) is 3.12. The number of fused-ring (bicyclic) bond motifs is 1. The fraction of sp³-hybridized carbons (Fsp3) is 0.250. The first kappa shape index (κ1) is 18.6. The van der Waals surface area contributed by atoms with Crippen LogP contribution in [0.1, 0.15) is 31.0 Å². The van der Waals surface area contributed by atoms with Crippen molar-refractivity contribution in [3.63, 3.8) is 0 Å². The minimum absolute atomic E-state index is 0.0112. The molecule has 140 valence electrons. The normalized spacial score (nSPS) is 15.6. The van der Waals surface area contributed by atoms with E-state index in [0.717, 1.165) is 5.69 Å². The molecule has 1 aliphatic heterocycles. The molecular formula is C20H20FN3O3. The number of carbonyl (C=O) groups excluding carboxylic acids is 3. The number of carbonyl (C=O) groups is 3. The maximum Gasteiger partial charge on any atom is 0.310 e. The van der Waals surface area contributed by atoms with Gasteiger partial charge in [-0.15, -0.1) is 0 Å². The second-order valence-electron chi connectivity index (χ2n) is 6.58. The molecule has 0 saturated heterocycles. The Morgan fingerprint density at radius 2 is 1.85 bits per heavy atom. The molecule has 2 aromatic rings. The predicted octanol–water partition coefficient (Wildman–Crippen LogP) is 2.05. The zero-order chi connectivity index (χ0) is 19.6. The van der Waals surface area contributed by atoms with E-state index in [1.807, 2.05) is 26.0 Å². The predicted molar refractivity (Wildman–Crippen MR) is 98.2 cm³/mol. The number of amides is 3. The van der Waals surface area contributed by atoms with Crippen molar-refractivity contribution in [3.05, 3.63) is 65.5 Å². The highest BCUT2D eigenvalue weighted by Crippen LogP contribution is 2.36. The minimum atomic E-state index is -0.912. The van der Waals surface area contributed by atoms with Crippen LogP contribution in [-0.4, -0.2) is 23.8 Å². The SMILES string of the molecule is CC(C)N1C(=O)[C@@H](NC(=O)C(=O)NCc2cccc(F)c2)c2ccccc21. The molecular weight excluding hydrogens is 349 g/mol. The Hall–Kier alpha value is -3.22. The third-order valence-corrected chi connectivity index (χ3v) is 4.33. The zero-order valence-corrected chi connectivity index (χ0v) is 15.0. The van der Waals surface area contributed by atoms with E-state index in [4.69, 9.17) is 0 Å². The van der Waals surface area contributed by atoms with Crippen molar-refractivity contribution in [2.24, 2.45) is 0 Å². The van der Waals surface area contributed by atoms with Gasteiger partial charge in [-0.25, -0.2) is 4.39 Å². The van der Waals surface area contributed by atoms with Crippen LogP contribution in [0.15, 0.2) is 48.5 Å². The van der Waals surface area contributed by atoms with Gasteiger partial charge in [0, 0.05) is 23.8 Å². The molecule has 0 fully saturated rings. The Morgan fingerprint density at radius 3 is 2.56 bits per heavy atom. The number of hydrogen-bond acceptors (Lipinski definition) is 3. The lowest BCUT2D eigenvalue weighted by Gasteiger charge is -2.22. The largest absolute Gasteiger partial charge is 0.344 e. The highest BCUT2D eigenvalue weighted by molar-refractivity contribution is 6.35. The van der Waals surface area contributed by atoms with Gasteiger partial charge in [0.15, 0.2) is 0 Å². The van der Waals surface area contributed by atoms with Crippen LogP contribution in [0, 0.1) is 5.82 Å². The zero-order valence-electron chi connectivity index (χ0n) is 15.0. The Bertz CT molecular complexity index is 898. The maximum absolute atomic E-state index is 13.2. The molecule has 1 atom stereocenters. The van der Waals surface area contributed by atoms with Crippen molar-refractivity contribution < 1.29 is 18.8 Å². The van der Waals surface area contributed by atoms with Gasteiger partial charge in [0.1, 0.15) is 11.9 Å². The highest BCUT2D eigenvalue weighted by Gasteiger charge is 2.39. The van der Waals surface area contributed by atoms with Gasteiger partial charge in [0.25, 0.3) is 5.91 Å². The van der Waals surface area contributed by atoms with Crippen molar-refractivity contribution in [2.45, 2.75) is 32.5 Å². The number of hydrogen-bond donors (Lipinski definition) is 2. The van der Waals surface area contributed by atoms with Gasteiger partial charge in [-0.2, -0.15) is 0 Å². The van der Waals surface area contributed by atoms with Gasteiger partial charge >= 0.3 is 11.8 Å². The van der Waals surface area contributed by atoms with E-state index in [2.05, 4.69) is 10.6 Å². The number of nitrogens with zero attached hydrogens (tertiary/aromatic N) is 1. The summed E-state index contributed by atoms with van der Waals surface area (Å²) in [7, 11) is 0. The van der Waals surface area contributed by atoms with E-state index < -0.39 is 23.7 Å². The quantitative estimate of drug-likeness (QED) is 0.810. The maximum atomic E-state index is 13.2. The van der Waals surface area contributed by atoms with Gasteiger partial charge in [0.05, 0.1) is 0 Å². The van der Waals surface area contributed by atoms with Crippen molar-refractivity contribution in [3.8, 4) is 0 Å². The first-order valence-electron chi connectivity index (χ1n) is 8.63. The van der Waals surface area contributed by atoms with Crippen molar-refractivity contribution in [1.29, 1.82) is 0 Å². The molecule has 1 aliphatic rings. The topological polar surface area (TPSA) is 78.5 Å². The Labute approximate surface area is 156 Å². The van der Waals surface area contributed by atoms with E-state index in [1.54, 1.807) is 23.1 Å². The third-order valence-electron chi connectivity index (χ3n) is 4.33. The van der Waals surface area contributed by atoms with Crippen LogP contribution in [0.2, 0.25) is 0 Å². The smallest absolute Gasteiger partial charge is 0.310 e. The first-order chi connectivity index (χ1) is 12.9. The van der Waals surface area contributed by atoms with Gasteiger partial charge in [-0.3, -0.25) is 14.4 Å².